The summed E-state index contributed by atoms with van der Waals surface area (Å²) in [6.07, 6.45) is 0.852. The highest BCUT2D eigenvalue weighted by Crippen LogP contribution is 2.19. The zero-order valence-corrected chi connectivity index (χ0v) is 8.16. The van der Waals surface area contributed by atoms with Crippen LogP contribution in [-0.4, -0.2) is 23.3 Å². The molecule has 1 rings (SSSR count). The second kappa shape index (κ2) is 5.17. The summed E-state index contributed by atoms with van der Waals surface area (Å²) in [7, 11) is 0. The minimum absolute atomic E-state index is 0.229. The van der Waals surface area contributed by atoms with E-state index in [-0.39, 0.29) is 6.61 Å². The van der Waals surface area contributed by atoms with E-state index < -0.39 is 6.10 Å². The first kappa shape index (κ1) is 10.4. The van der Waals surface area contributed by atoms with Gasteiger partial charge in [-0.05, 0) is 19.1 Å². The number of nitrogens with zero attached hydrogens (tertiary/aromatic N) is 1. The number of aliphatic hydroxyl groups is 1. The molecule has 72 valence electrons. The number of pyridine rings is 1. The predicted octanol–water partition coefficient (Wildman–Crippen LogP) is 1.80. The molecule has 0 bridgehead atoms. The van der Waals surface area contributed by atoms with Gasteiger partial charge in [-0.1, -0.05) is 11.6 Å². The minimum Gasteiger partial charge on any atom is -0.384 e. The number of halogens is 1. The lowest BCUT2D eigenvalue weighted by molar-refractivity contribution is 0.0398. The number of hydrogen-bond donors (Lipinski definition) is 1. The Morgan fingerprint density at radius 3 is 3.08 bits per heavy atom. The molecule has 1 heterocycles. The standard InChI is InChI=1S/C9H12ClNO2/c1-2-13-6-8(12)9-7(10)4-3-5-11-9/h3-5,8,12H,2,6H2,1H3. The number of aromatic nitrogens is 1. The lowest BCUT2D eigenvalue weighted by Gasteiger charge is -2.10. The van der Waals surface area contributed by atoms with Crippen LogP contribution in [0.4, 0.5) is 0 Å². The summed E-state index contributed by atoms with van der Waals surface area (Å²) in [5.41, 5.74) is 0.470. The molecule has 4 heteroatoms. The van der Waals surface area contributed by atoms with Gasteiger partial charge < -0.3 is 9.84 Å². The van der Waals surface area contributed by atoms with Gasteiger partial charge in [-0.2, -0.15) is 0 Å². The Balaban J connectivity index is 2.65. The van der Waals surface area contributed by atoms with E-state index in [2.05, 4.69) is 4.98 Å². The maximum absolute atomic E-state index is 9.56. The van der Waals surface area contributed by atoms with Gasteiger partial charge in [0.25, 0.3) is 0 Å². The predicted molar refractivity (Wildman–Crippen MR) is 50.7 cm³/mol. The van der Waals surface area contributed by atoms with Crippen LogP contribution in [0.25, 0.3) is 0 Å². The summed E-state index contributed by atoms with van der Waals surface area (Å²) in [4.78, 5) is 3.97. The summed E-state index contributed by atoms with van der Waals surface area (Å²) >= 11 is 5.82. The van der Waals surface area contributed by atoms with Crippen molar-refractivity contribution in [1.29, 1.82) is 0 Å². The Bertz CT molecular complexity index is 268. The molecule has 0 aliphatic heterocycles. The van der Waals surface area contributed by atoms with Gasteiger partial charge in [-0.15, -0.1) is 0 Å². The molecule has 1 aromatic heterocycles. The van der Waals surface area contributed by atoms with Crippen molar-refractivity contribution >= 4 is 11.6 Å². The second-order valence-electron chi connectivity index (χ2n) is 2.55. The van der Waals surface area contributed by atoms with Gasteiger partial charge in [-0.3, -0.25) is 4.98 Å². The van der Waals surface area contributed by atoms with Crippen molar-refractivity contribution < 1.29 is 9.84 Å². The molecular formula is C9H12ClNO2. The fourth-order valence-corrected chi connectivity index (χ4v) is 1.20. The molecule has 13 heavy (non-hydrogen) atoms. The molecule has 1 aromatic rings. The zero-order chi connectivity index (χ0) is 9.68. The van der Waals surface area contributed by atoms with Crippen LogP contribution >= 0.6 is 11.6 Å². The minimum atomic E-state index is -0.742. The van der Waals surface area contributed by atoms with Gasteiger partial charge in [0.05, 0.1) is 17.3 Å². The molecule has 1 atom stereocenters. The number of hydrogen-bond acceptors (Lipinski definition) is 3. The van der Waals surface area contributed by atoms with Crippen molar-refractivity contribution in [2.24, 2.45) is 0 Å². The van der Waals surface area contributed by atoms with E-state index in [0.717, 1.165) is 0 Å². The third-order valence-electron chi connectivity index (χ3n) is 1.58. The Labute approximate surface area is 82.3 Å². The molecule has 0 aromatic carbocycles. The third-order valence-corrected chi connectivity index (χ3v) is 1.90. The lowest BCUT2D eigenvalue weighted by Crippen LogP contribution is -2.09. The zero-order valence-electron chi connectivity index (χ0n) is 7.40. The van der Waals surface area contributed by atoms with Crippen molar-refractivity contribution in [3.8, 4) is 0 Å². The fourth-order valence-electron chi connectivity index (χ4n) is 0.952. The first-order valence-electron chi connectivity index (χ1n) is 4.12. The van der Waals surface area contributed by atoms with Gasteiger partial charge in [-0.25, -0.2) is 0 Å². The molecule has 0 amide bonds. The average Bonchev–Trinajstić information content (AvgIpc) is 2.15. The van der Waals surface area contributed by atoms with Crippen molar-refractivity contribution in [3.63, 3.8) is 0 Å². The van der Waals surface area contributed by atoms with Crippen LogP contribution in [0.2, 0.25) is 5.02 Å². The molecule has 0 fully saturated rings. The quantitative estimate of drug-likeness (QED) is 0.808. The van der Waals surface area contributed by atoms with E-state index >= 15 is 0 Å². The molecule has 3 nitrogen and oxygen atoms in total. The Morgan fingerprint density at radius 2 is 2.46 bits per heavy atom. The molecular weight excluding hydrogens is 190 g/mol. The highest BCUT2D eigenvalue weighted by atomic mass is 35.5. The maximum Gasteiger partial charge on any atom is 0.121 e. The van der Waals surface area contributed by atoms with E-state index in [4.69, 9.17) is 16.3 Å². The largest absolute Gasteiger partial charge is 0.384 e. The molecule has 0 aliphatic carbocycles. The summed E-state index contributed by atoms with van der Waals surface area (Å²) < 4.78 is 5.06. The first-order chi connectivity index (χ1) is 6.25. The van der Waals surface area contributed by atoms with Crippen LogP contribution in [0.3, 0.4) is 0 Å². The number of ether oxygens (including phenoxy) is 1. The maximum atomic E-state index is 9.56. The molecule has 1 N–H and O–H groups in total. The van der Waals surface area contributed by atoms with Crippen LogP contribution in [0.5, 0.6) is 0 Å². The van der Waals surface area contributed by atoms with E-state index in [1.54, 1.807) is 18.3 Å². The summed E-state index contributed by atoms with van der Waals surface area (Å²) in [6.45, 7) is 2.67. The number of aliphatic hydroxyl groups excluding tert-OH is 1. The van der Waals surface area contributed by atoms with Crippen LogP contribution in [-0.2, 0) is 4.74 Å². The highest BCUT2D eigenvalue weighted by Gasteiger charge is 2.11. The van der Waals surface area contributed by atoms with Crippen LogP contribution in [0.1, 0.15) is 18.7 Å². The van der Waals surface area contributed by atoms with E-state index in [1.807, 2.05) is 6.92 Å². The van der Waals surface area contributed by atoms with Gasteiger partial charge in [0.15, 0.2) is 0 Å². The summed E-state index contributed by atoms with van der Waals surface area (Å²) in [5, 5.41) is 10.0. The fraction of sp³-hybridized carbons (Fsp3) is 0.444. The molecule has 0 radical (unpaired) electrons. The van der Waals surface area contributed by atoms with E-state index in [1.165, 1.54) is 0 Å². The smallest absolute Gasteiger partial charge is 0.121 e. The monoisotopic (exact) mass is 201 g/mol. The Kier molecular flexibility index (Phi) is 4.15. The van der Waals surface area contributed by atoms with Crippen molar-refractivity contribution in [1.82, 2.24) is 4.98 Å². The molecule has 0 spiro atoms. The molecule has 0 saturated heterocycles. The van der Waals surface area contributed by atoms with Crippen molar-refractivity contribution in [3.05, 3.63) is 29.0 Å². The number of rotatable bonds is 4. The van der Waals surface area contributed by atoms with Crippen molar-refractivity contribution in [2.45, 2.75) is 13.0 Å². The van der Waals surface area contributed by atoms with E-state index in [9.17, 15) is 5.11 Å². The van der Waals surface area contributed by atoms with Crippen LogP contribution < -0.4 is 0 Å². The summed E-state index contributed by atoms with van der Waals surface area (Å²) in [5.74, 6) is 0. The Morgan fingerprint density at radius 1 is 1.69 bits per heavy atom. The highest BCUT2D eigenvalue weighted by molar-refractivity contribution is 6.31. The van der Waals surface area contributed by atoms with Gasteiger partial charge >= 0.3 is 0 Å². The van der Waals surface area contributed by atoms with Gasteiger partial charge in [0.1, 0.15) is 6.10 Å². The normalized spacial score (nSPS) is 12.8. The van der Waals surface area contributed by atoms with E-state index in [0.29, 0.717) is 17.3 Å². The second-order valence-corrected chi connectivity index (χ2v) is 2.95. The lowest BCUT2D eigenvalue weighted by atomic mass is 10.2. The molecule has 0 aliphatic rings. The van der Waals surface area contributed by atoms with Gasteiger partial charge in [0, 0.05) is 12.8 Å². The van der Waals surface area contributed by atoms with Crippen LogP contribution in [0, 0.1) is 0 Å². The Hall–Kier alpha value is -0.640. The average molecular weight is 202 g/mol. The summed E-state index contributed by atoms with van der Waals surface area (Å²) in [6, 6.07) is 3.41. The van der Waals surface area contributed by atoms with Crippen LogP contribution in [0.15, 0.2) is 18.3 Å². The van der Waals surface area contributed by atoms with Gasteiger partial charge in [0.2, 0.25) is 0 Å². The topological polar surface area (TPSA) is 42.4 Å². The van der Waals surface area contributed by atoms with Crippen molar-refractivity contribution in [2.75, 3.05) is 13.2 Å². The third kappa shape index (κ3) is 2.95. The SMILES string of the molecule is CCOCC(O)c1ncccc1Cl. The first-order valence-corrected chi connectivity index (χ1v) is 4.49. The molecule has 0 saturated carbocycles. The molecule has 1 unspecified atom stereocenters.